The molecule has 0 saturated heterocycles. The normalized spacial score (nSPS) is 13.8. The number of hydrogen-bond donors (Lipinski definition) is 1. The highest BCUT2D eigenvalue weighted by molar-refractivity contribution is 6.01. The Hall–Kier alpha value is -1.64. The van der Waals surface area contributed by atoms with Crippen LogP contribution in [0.4, 0.5) is 5.69 Å². The summed E-state index contributed by atoms with van der Waals surface area (Å²) in [6.45, 7) is 1.95. The molecule has 1 aromatic carbocycles. The topological polar surface area (TPSA) is 55.4 Å². The Morgan fingerprint density at radius 2 is 2.31 bits per heavy atom. The Morgan fingerprint density at radius 1 is 1.54 bits per heavy atom. The van der Waals surface area contributed by atoms with E-state index in [-0.39, 0.29) is 5.91 Å². The van der Waals surface area contributed by atoms with Gasteiger partial charge in [-0.05, 0) is 24.6 Å². The van der Waals surface area contributed by atoms with Crippen molar-refractivity contribution < 1.29 is 4.79 Å². The molecule has 1 heterocycles. The molecule has 1 aliphatic heterocycles. The van der Waals surface area contributed by atoms with Crippen molar-refractivity contribution in [3.05, 3.63) is 29.3 Å². The van der Waals surface area contributed by atoms with E-state index in [1.807, 2.05) is 13.0 Å². The van der Waals surface area contributed by atoms with E-state index in [0.29, 0.717) is 5.56 Å². The van der Waals surface area contributed by atoms with Gasteiger partial charge in [-0.1, -0.05) is 6.07 Å². The summed E-state index contributed by atoms with van der Waals surface area (Å²) < 4.78 is 0. The molecular formula is C10H10N2O. The number of nitrogens with zero attached hydrogens (tertiary/aromatic N) is 1. The fourth-order valence-corrected chi connectivity index (χ4v) is 1.60. The second-order valence-corrected chi connectivity index (χ2v) is 3.19. The second kappa shape index (κ2) is 2.69. The SMILES string of the molecule is CC1=Nc2cccc(C(N)=O)c2C1. The first kappa shape index (κ1) is 7.98. The zero-order chi connectivity index (χ0) is 9.42. The van der Waals surface area contributed by atoms with Gasteiger partial charge in [-0.2, -0.15) is 0 Å². The summed E-state index contributed by atoms with van der Waals surface area (Å²) in [6, 6.07) is 5.45. The molecule has 0 fully saturated rings. The summed E-state index contributed by atoms with van der Waals surface area (Å²) >= 11 is 0. The predicted octanol–water partition coefficient (Wildman–Crippen LogP) is 1.43. The van der Waals surface area contributed by atoms with Crippen LogP contribution in [-0.4, -0.2) is 11.6 Å². The highest BCUT2D eigenvalue weighted by atomic mass is 16.1. The summed E-state index contributed by atoms with van der Waals surface area (Å²) in [4.78, 5) is 15.3. The smallest absolute Gasteiger partial charge is 0.249 e. The molecule has 1 aliphatic rings. The maximum absolute atomic E-state index is 11.0. The number of carbonyl (C=O) groups is 1. The molecule has 13 heavy (non-hydrogen) atoms. The third-order valence-electron chi connectivity index (χ3n) is 2.16. The summed E-state index contributed by atoms with van der Waals surface area (Å²) in [7, 11) is 0. The van der Waals surface area contributed by atoms with Gasteiger partial charge in [0.1, 0.15) is 0 Å². The van der Waals surface area contributed by atoms with Gasteiger partial charge in [0, 0.05) is 17.7 Å². The first-order valence-corrected chi connectivity index (χ1v) is 4.14. The van der Waals surface area contributed by atoms with Crippen LogP contribution < -0.4 is 5.73 Å². The fraction of sp³-hybridized carbons (Fsp3) is 0.200. The van der Waals surface area contributed by atoms with Gasteiger partial charge in [0.2, 0.25) is 5.91 Å². The number of amides is 1. The van der Waals surface area contributed by atoms with Crippen LogP contribution in [0.5, 0.6) is 0 Å². The number of primary amides is 1. The average Bonchev–Trinajstić information content (AvgIpc) is 2.43. The highest BCUT2D eigenvalue weighted by Gasteiger charge is 2.17. The second-order valence-electron chi connectivity index (χ2n) is 3.19. The van der Waals surface area contributed by atoms with Crippen LogP contribution in [0, 0.1) is 0 Å². The van der Waals surface area contributed by atoms with E-state index in [2.05, 4.69) is 4.99 Å². The Morgan fingerprint density at radius 3 is 3.00 bits per heavy atom. The Labute approximate surface area is 76.3 Å². The van der Waals surface area contributed by atoms with E-state index in [1.54, 1.807) is 12.1 Å². The number of rotatable bonds is 1. The molecule has 2 rings (SSSR count). The largest absolute Gasteiger partial charge is 0.366 e. The Kier molecular flexibility index (Phi) is 1.65. The number of fused-ring (bicyclic) bond motifs is 1. The highest BCUT2D eigenvalue weighted by Crippen LogP contribution is 2.28. The molecule has 0 aliphatic carbocycles. The minimum absolute atomic E-state index is 0.373. The molecule has 3 heteroatoms. The molecule has 0 radical (unpaired) electrons. The zero-order valence-corrected chi connectivity index (χ0v) is 7.37. The maximum Gasteiger partial charge on any atom is 0.249 e. The molecule has 66 valence electrons. The van der Waals surface area contributed by atoms with Crippen molar-refractivity contribution in [2.75, 3.05) is 0 Å². The molecule has 0 saturated carbocycles. The van der Waals surface area contributed by atoms with Crippen molar-refractivity contribution in [1.82, 2.24) is 0 Å². The minimum atomic E-state index is -0.373. The van der Waals surface area contributed by atoms with Crippen LogP contribution in [-0.2, 0) is 6.42 Å². The molecule has 0 unspecified atom stereocenters. The third-order valence-corrected chi connectivity index (χ3v) is 2.16. The van der Waals surface area contributed by atoms with Crippen molar-refractivity contribution in [2.45, 2.75) is 13.3 Å². The maximum atomic E-state index is 11.0. The van der Waals surface area contributed by atoms with E-state index in [0.717, 1.165) is 23.4 Å². The van der Waals surface area contributed by atoms with Crippen LogP contribution in [0.3, 0.4) is 0 Å². The van der Waals surface area contributed by atoms with Gasteiger partial charge < -0.3 is 5.73 Å². The van der Waals surface area contributed by atoms with E-state index >= 15 is 0 Å². The van der Waals surface area contributed by atoms with E-state index in [1.165, 1.54) is 0 Å². The van der Waals surface area contributed by atoms with Crippen molar-refractivity contribution in [3.63, 3.8) is 0 Å². The average molecular weight is 174 g/mol. The lowest BCUT2D eigenvalue weighted by Crippen LogP contribution is -2.13. The van der Waals surface area contributed by atoms with Crippen LogP contribution in [0.25, 0.3) is 0 Å². The minimum Gasteiger partial charge on any atom is -0.366 e. The van der Waals surface area contributed by atoms with Crippen molar-refractivity contribution >= 4 is 17.3 Å². The molecular weight excluding hydrogens is 164 g/mol. The standard InChI is InChI=1S/C10H10N2O/c1-6-5-8-7(10(11)13)3-2-4-9(8)12-6/h2-4H,5H2,1H3,(H2,11,13). The summed E-state index contributed by atoms with van der Waals surface area (Å²) in [6.07, 6.45) is 0.744. The van der Waals surface area contributed by atoms with Crippen LogP contribution in [0.2, 0.25) is 0 Å². The van der Waals surface area contributed by atoms with Gasteiger partial charge in [0.05, 0.1) is 5.69 Å². The van der Waals surface area contributed by atoms with Crippen LogP contribution >= 0.6 is 0 Å². The molecule has 0 aromatic heterocycles. The zero-order valence-electron chi connectivity index (χ0n) is 7.37. The summed E-state index contributed by atoms with van der Waals surface area (Å²) in [5, 5.41) is 0. The summed E-state index contributed by atoms with van der Waals surface area (Å²) in [5.41, 5.74) is 8.72. The first-order chi connectivity index (χ1) is 6.18. The molecule has 2 N–H and O–H groups in total. The van der Waals surface area contributed by atoms with E-state index < -0.39 is 0 Å². The molecule has 0 spiro atoms. The van der Waals surface area contributed by atoms with Gasteiger partial charge >= 0.3 is 0 Å². The van der Waals surface area contributed by atoms with Crippen molar-refractivity contribution in [3.8, 4) is 0 Å². The van der Waals surface area contributed by atoms with Crippen molar-refractivity contribution in [1.29, 1.82) is 0 Å². The lowest BCUT2D eigenvalue weighted by molar-refractivity contribution is 0.0999. The predicted molar refractivity (Wildman–Crippen MR) is 51.4 cm³/mol. The number of carbonyl (C=O) groups excluding carboxylic acids is 1. The van der Waals surface area contributed by atoms with Crippen molar-refractivity contribution in [2.24, 2.45) is 10.7 Å². The lowest BCUT2D eigenvalue weighted by Gasteiger charge is -2.02. The number of hydrogen-bond acceptors (Lipinski definition) is 2. The monoisotopic (exact) mass is 174 g/mol. The molecule has 3 nitrogen and oxygen atoms in total. The quantitative estimate of drug-likeness (QED) is 0.688. The molecule has 1 aromatic rings. The fourth-order valence-electron chi connectivity index (χ4n) is 1.60. The Balaban J connectivity index is 2.57. The third kappa shape index (κ3) is 1.22. The Bertz CT molecular complexity index is 407. The van der Waals surface area contributed by atoms with Gasteiger partial charge in [-0.15, -0.1) is 0 Å². The lowest BCUT2D eigenvalue weighted by atomic mass is 10.0. The summed E-state index contributed by atoms with van der Waals surface area (Å²) in [5.74, 6) is -0.373. The first-order valence-electron chi connectivity index (χ1n) is 4.14. The van der Waals surface area contributed by atoms with Crippen LogP contribution in [0.1, 0.15) is 22.8 Å². The number of aliphatic imine (C=N–C) groups is 1. The van der Waals surface area contributed by atoms with Gasteiger partial charge in [-0.25, -0.2) is 0 Å². The van der Waals surface area contributed by atoms with Gasteiger partial charge in [0.15, 0.2) is 0 Å². The van der Waals surface area contributed by atoms with Crippen LogP contribution in [0.15, 0.2) is 23.2 Å². The van der Waals surface area contributed by atoms with E-state index in [9.17, 15) is 4.79 Å². The van der Waals surface area contributed by atoms with Gasteiger partial charge in [0.25, 0.3) is 0 Å². The molecule has 1 amide bonds. The molecule has 0 bridgehead atoms. The molecule has 0 atom stereocenters. The number of benzene rings is 1. The number of nitrogens with two attached hydrogens (primary N) is 1. The van der Waals surface area contributed by atoms with E-state index in [4.69, 9.17) is 5.73 Å². The van der Waals surface area contributed by atoms with Gasteiger partial charge in [-0.3, -0.25) is 9.79 Å².